The summed E-state index contributed by atoms with van der Waals surface area (Å²) in [5.74, 6) is 1.77. The lowest BCUT2D eigenvalue weighted by Crippen LogP contribution is -2.69. The van der Waals surface area contributed by atoms with Gasteiger partial charge in [-0.25, -0.2) is 5.43 Å². The number of nitrogens with one attached hydrogen (secondary N) is 4. The predicted octanol–water partition coefficient (Wildman–Crippen LogP) is 1.31. The molecule has 3 heterocycles. The number of carbonyl (C=O) groups excluding carboxylic acids is 1. The first kappa shape index (κ1) is 29.2. The van der Waals surface area contributed by atoms with Crippen LogP contribution in [0.3, 0.4) is 0 Å². The van der Waals surface area contributed by atoms with Crippen molar-refractivity contribution in [3.8, 4) is 0 Å². The maximum Gasteiger partial charge on any atom is 0.224 e. The average molecular weight is 523 g/mol. The minimum atomic E-state index is -0.310. The van der Waals surface area contributed by atoms with Gasteiger partial charge in [0.25, 0.3) is 0 Å². The fourth-order valence-corrected chi connectivity index (χ4v) is 7.62. The summed E-state index contributed by atoms with van der Waals surface area (Å²) < 4.78 is 5.56. The number of hydrazine groups is 1. The number of hydrogen-bond donors (Lipinski definition) is 6. The van der Waals surface area contributed by atoms with Crippen LogP contribution in [0.5, 0.6) is 0 Å². The van der Waals surface area contributed by atoms with Crippen molar-refractivity contribution in [2.24, 2.45) is 29.4 Å². The molecule has 37 heavy (non-hydrogen) atoms. The van der Waals surface area contributed by atoms with Gasteiger partial charge in [-0.15, -0.1) is 0 Å². The number of ether oxygens (including phenoxy) is 1. The Hall–Kier alpha value is -0.810. The molecule has 9 heteroatoms. The second-order valence-corrected chi connectivity index (χ2v) is 12.2. The number of nitrogens with two attached hydrogens (primary N) is 1. The van der Waals surface area contributed by atoms with Gasteiger partial charge in [-0.1, -0.05) is 13.8 Å². The summed E-state index contributed by atoms with van der Waals surface area (Å²) >= 11 is 0. The number of aliphatic hydroxyl groups excluding tert-OH is 1. The number of aliphatic hydroxyl groups is 1. The molecule has 3 aliphatic heterocycles. The number of rotatable bonds is 9. The molecule has 3 saturated heterocycles. The van der Waals surface area contributed by atoms with Crippen molar-refractivity contribution in [3.05, 3.63) is 0 Å². The molecule has 214 valence electrons. The van der Waals surface area contributed by atoms with Gasteiger partial charge in [-0.05, 0) is 89.1 Å². The van der Waals surface area contributed by atoms with Crippen LogP contribution < -0.4 is 27.2 Å². The third-order valence-electron chi connectivity index (χ3n) is 9.99. The first-order valence-corrected chi connectivity index (χ1v) is 15.2. The van der Waals surface area contributed by atoms with Gasteiger partial charge in [0.15, 0.2) is 0 Å². The van der Waals surface area contributed by atoms with E-state index >= 15 is 0 Å². The molecule has 7 N–H and O–H groups in total. The molecule has 0 aromatic carbocycles. The number of nitrogens with zero attached hydrogens (tertiary/aromatic N) is 1. The zero-order valence-corrected chi connectivity index (χ0v) is 23.5. The Morgan fingerprint density at radius 2 is 1.86 bits per heavy atom. The molecule has 0 spiro atoms. The number of methoxy groups -OCH3 is 1. The van der Waals surface area contributed by atoms with Crippen molar-refractivity contribution in [1.29, 1.82) is 0 Å². The van der Waals surface area contributed by atoms with Gasteiger partial charge in [0.05, 0.1) is 24.3 Å². The van der Waals surface area contributed by atoms with E-state index < -0.39 is 0 Å². The fourth-order valence-electron chi connectivity index (χ4n) is 7.62. The molecule has 1 amide bonds. The molecule has 4 aliphatic rings. The molecule has 7 unspecified atom stereocenters. The van der Waals surface area contributed by atoms with Crippen molar-refractivity contribution in [3.63, 3.8) is 0 Å². The maximum atomic E-state index is 13.4. The van der Waals surface area contributed by atoms with Crippen molar-refractivity contribution in [2.45, 2.75) is 115 Å². The minimum absolute atomic E-state index is 0.0577. The highest BCUT2D eigenvalue weighted by atomic mass is 16.5. The summed E-state index contributed by atoms with van der Waals surface area (Å²) in [7, 11) is 1.83. The summed E-state index contributed by atoms with van der Waals surface area (Å²) in [5.41, 5.74) is 13.2. The van der Waals surface area contributed by atoms with Crippen LogP contribution in [0.25, 0.3) is 0 Å². The second-order valence-electron chi connectivity index (χ2n) is 12.2. The van der Waals surface area contributed by atoms with Gasteiger partial charge >= 0.3 is 0 Å². The van der Waals surface area contributed by atoms with E-state index in [2.05, 4.69) is 33.3 Å². The normalized spacial score (nSPS) is 39.6. The average Bonchev–Trinajstić information content (AvgIpc) is 2.94. The highest BCUT2D eigenvalue weighted by Crippen LogP contribution is 2.35. The van der Waals surface area contributed by atoms with Crippen LogP contribution in [0.1, 0.15) is 78.1 Å². The van der Waals surface area contributed by atoms with E-state index in [4.69, 9.17) is 10.5 Å². The molecule has 1 aliphatic carbocycles. The van der Waals surface area contributed by atoms with Crippen LogP contribution >= 0.6 is 0 Å². The van der Waals surface area contributed by atoms with Crippen LogP contribution in [-0.4, -0.2) is 85.7 Å². The van der Waals surface area contributed by atoms with Gasteiger partial charge in [0.1, 0.15) is 0 Å². The molecular weight excluding hydrogens is 468 g/mol. The molecule has 0 aromatic heterocycles. The molecule has 8 atom stereocenters. The minimum Gasteiger partial charge on any atom is -0.393 e. The predicted molar refractivity (Wildman–Crippen MR) is 146 cm³/mol. The lowest BCUT2D eigenvalue weighted by molar-refractivity contribution is -0.127. The topological polar surface area (TPSA) is 124 Å². The van der Waals surface area contributed by atoms with Crippen molar-refractivity contribution in [1.82, 2.24) is 26.4 Å². The zero-order valence-electron chi connectivity index (χ0n) is 23.5. The quantitative estimate of drug-likeness (QED) is 0.268. The largest absolute Gasteiger partial charge is 0.393 e. The summed E-state index contributed by atoms with van der Waals surface area (Å²) in [4.78, 5) is 15.8. The van der Waals surface area contributed by atoms with E-state index in [1.54, 1.807) is 0 Å². The van der Waals surface area contributed by atoms with Crippen LogP contribution in [0.15, 0.2) is 0 Å². The smallest absolute Gasteiger partial charge is 0.224 e. The lowest BCUT2D eigenvalue weighted by atomic mass is 9.74. The summed E-state index contributed by atoms with van der Waals surface area (Å²) in [5, 5.41) is 17.6. The Morgan fingerprint density at radius 3 is 2.57 bits per heavy atom. The van der Waals surface area contributed by atoms with E-state index in [1.807, 2.05) is 14.0 Å². The van der Waals surface area contributed by atoms with Crippen LogP contribution in [0.4, 0.5) is 0 Å². The molecule has 0 aromatic rings. The van der Waals surface area contributed by atoms with E-state index in [0.717, 1.165) is 77.5 Å². The van der Waals surface area contributed by atoms with Gasteiger partial charge in [0, 0.05) is 44.2 Å². The molecule has 4 fully saturated rings. The SMILES string of the molecule is CCC(O)C(CC)C1CC(N2CCC[C@@H](NC(=O)C3CNCC(C4CCC(OC)CC4)C3)C2)C(N)NN1. The first-order chi connectivity index (χ1) is 17.9. The molecule has 9 nitrogen and oxygen atoms in total. The van der Waals surface area contributed by atoms with E-state index in [0.29, 0.717) is 17.9 Å². The fraction of sp³-hybridized carbons (Fsp3) is 0.964. The Labute approximate surface area is 224 Å². The van der Waals surface area contributed by atoms with Gasteiger partial charge < -0.3 is 26.2 Å². The second kappa shape index (κ2) is 14.0. The van der Waals surface area contributed by atoms with Gasteiger partial charge in [-0.2, -0.15) is 0 Å². The molecule has 1 saturated carbocycles. The Morgan fingerprint density at radius 1 is 1.08 bits per heavy atom. The summed E-state index contributed by atoms with van der Waals surface area (Å²) in [6.07, 6.45) is 10.4. The Bertz CT molecular complexity index is 705. The lowest BCUT2D eigenvalue weighted by Gasteiger charge is -2.47. The van der Waals surface area contributed by atoms with E-state index in [1.165, 1.54) is 12.8 Å². The number of amides is 1. The molecule has 0 radical (unpaired) electrons. The number of piperidine rings is 2. The maximum absolute atomic E-state index is 13.4. The highest BCUT2D eigenvalue weighted by molar-refractivity contribution is 5.79. The monoisotopic (exact) mass is 522 g/mol. The highest BCUT2D eigenvalue weighted by Gasteiger charge is 2.39. The van der Waals surface area contributed by atoms with Crippen LogP contribution in [-0.2, 0) is 9.53 Å². The number of likely N-dealkylation sites (tertiary alicyclic amines) is 1. The molecular formula is C28H54N6O3. The first-order valence-electron chi connectivity index (χ1n) is 15.2. The molecule has 0 bridgehead atoms. The standard InChI is InChI=1S/C28H54N6O3/c1-4-23(26(35)5-2)24-14-25(27(29)33-32-24)34-12-6-7-21(17-34)31-28(36)20-13-19(15-30-16-20)18-8-10-22(37-3)11-9-18/h18-27,30,32-33,35H,4-17,29H2,1-3H3,(H,31,36)/t18?,19?,20?,21-,22?,23?,24?,25?,26?,27?/m1/s1. The van der Waals surface area contributed by atoms with Crippen molar-refractivity contribution in [2.75, 3.05) is 33.3 Å². The number of carbonyl (C=O) groups is 1. The van der Waals surface area contributed by atoms with Crippen LogP contribution in [0.2, 0.25) is 0 Å². The van der Waals surface area contributed by atoms with Crippen molar-refractivity contribution >= 4 is 5.91 Å². The zero-order chi connectivity index (χ0) is 26.4. The summed E-state index contributed by atoms with van der Waals surface area (Å²) in [6, 6.07) is 0.540. The van der Waals surface area contributed by atoms with Crippen LogP contribution in [0, 0.1) is 23.7 Å². The van der Waals surface area contributed by atoms with Crippen molar-refractivity contribution < 1.29 is 14.6 Å². The van der Waals surface area contributed by atoms with Gasteiger partial charge in [0.2, 0.25) is 5.91 Å². The third kappa shape index (κ3) is 7.44. The summed E-state index contributed by atoms with van der Waals surface area (Å²) in [6.45, 7) is 7.86. The third-order valence-corrected chi connectivity index (χ3v) is 9.99. The Kier molecular flexibility index (Phi) is 11.0. The van der Waals surface area contributed by atoms with E-state index in [9.17, 15) is 9.90 Å². The Balaban J connectivity index is 1.29. The van der Waals surface area contributed by atoms with E-state index in [-0.39, 0.29) is 48.1 Å². The molecule has 4 rings (SSSR count). The number of hydrogen-bond acceptors (Lipinski definition) is 8. The van der Waals surface area contributed by atoms with Gasteiger partial charge in [-0.3, -0.25) is 15.1 Å².